The zero-order valence-corrected chi connectivity index (χ0v) is 21.5. The molecule has 0 saturated heterocycles. The van der Waals surface area contributed by atoms with Crippen LogP contribution in [0, 0.1) is 19.3 Å². The summed E-state index contributed by atoms with van der Waals surface area (Å²) < 4.78 is 7.92. The second-order valence-corrected chi connectivity index (χ2v) is 9.82. The Kier molecular flexibility index (Phi) is 6.95. The maximum atomic E-state index is 11.2. The van der Waals surface area contributed by atoms with E-state index >= 15 is 0 Å². The first-order chi connectivity index (χ1) is 18.3. The normalized spacial score (nSPS) is 13.0. The lowest BCUT2D eigenvalue weighted by molar-refractivity contribution is -0.136. The molecule has 10 heteroatoms. The zero-order valence-electron chi connectivity index (χ0n) is 21.5. The van der Waals surface area contributed by atoms with E-state index in [-0.39, 0.29) is 18.9 Å². The fourth-order valence-corrected chi connectivity index (χ4v) is 4.65. The molecule has 1 saturated carbocycles. The number of fused-ring (bicyclic) bond motifs is 1. The van der Waals surface area contributed by atoms with Gasteiger partial charge in [0.25, 0.3) is 0 Å². The predicted molar refractivity (Wildman–Crippen MR) is 144 cm³/mol. The van der Waals surface area contributed by atoms with Crippen LogP contribution in [-0.2, 0) is 24.4 Å². The number of imidazole rings is 1. The third-order valence-corrected chi connectivity index (χ3v) is 6.82. The van der Waals surface area contributed by atoms with Crippen molar-refractivity contribution in [2.24, 2.45) is 5.73 Å². The summed E-state index contributed by atoms with van der Waals surface area (Å²) in [6, 6.07) is 7.67. The molecule has 3 heterocycles. The average Bonchev–Trinajstić information content (AvgIpc) is 3.65. The van der Waals surface area contributed by atoms with Gasteiger partial charge in [0.1, 0.15) is 30.2 Å². The highest BCUT2D eigenvalue weighted by molar-refractivity contribution is 5.95. The van der Waals surface area contributed by atoms with E-state index in [0.29, 0.717) is 36.1 Å². The number of anilines is 1. The number of amidine groups is 1. The molecule has 0 aliphatic heterocycles. The van der Waals surface area contributed by atoms with Crippen molar-refractivity contribution in [2.75, 3.05) is 5.32 Å². The van der Waals surface area contributed by atoms with Gasteiger partial charge >= 0.3 is 5.97 Å². The quantitative estimate of drug-likeness (QED) is 0.173. The van der Waals surface area contributed by atoms with E-state index in [0.717, 1.165) is 33.6 Å². The Bertz CT molecular complexity index is 1500. The second-order valence-electron chi connectivity index (χ2n) is 9.82. The van der Waals surface area contributed by atoms with E-state index in [1.165, 1.54) is 24.7 Å². The predicted octanol–water partition coefficient (Wildman–Crippen LogP) is 4.11. The van der Waals surface area contributed by atoms with E-state index in [9.17, 15) is 4.79 Å². The number of aliphatic carboxylic acids is 1. The highest BCUT2D eigenvalue weighted by atomic mass is 16.5. The molecule has 0 amide bonds. The van der Waals surface area contributed by atoms with Crippen LogP contribution in [0.5, 0.6) is 5.88 Å². The number of nitrogen functional groups attached to an aromatic ring is 1. The molecule has 1 aromatic carbocycles. The molecular weight excluding hydrogens is 482 g/mol. The molecule has 3 aromatic heterocycles. The third kappa shape index (κ3) is 5.74. The number of pyridine rings is 1. The molecule has 10 nitrogen and oxygen atoms in total. The molecule has 0 spiro atoms. The highest BCUT2D eigenvalue weighted by Crippen LogP contribution is 2.40. The summed E-state index contributed by atoms with van der Waals surface area (Å²) in [5.74, 6) is 0.839. The van der Waals surface area contributed by atoms with E-state index in [1.807, 2.05) is 36.6 Å². The largest absolute Gasteiger partial charge is 0.481 e. The molecular formula is C28H31N7O3. The van der Waals surface area contributed by atoms with Gasteiger partial charge in [-0.2, -0.15) is 0 Å². The van der Waals surface area contributed by atoms with Crippen LogP contribution in [0.15, 0.2) is 43.0 Å². The van der Waals surface area contributed by atoms with Gasteiger partial charge in [-0.05, 0) is 79.0 Å². The Labute approximate surface area is 220 Å². The van der Waals surface area contributed by atoms with Crippen molar-refractivity contribution >= 4 is 23.3 Å². The standard InChI is InChI=1S/C28H31N7O3/c1-16-7-20(27(29)30)8-17(2)23(16)11-31-24-10-25(33-15-32-24)38-14-22-13-35-12-21(18-3-4-18)9-19(28(35)34-22)5-6-26(36)37/h7-10,12-13,15,18H,3-6,11,14H2,1-2H3,(H3,29,30)(H,36,37)(H,31,32,33). The molecule has 1 fully saturated rings. The fourth-order valence-electron chi connectivity index (χ4n) is 4.65. The maximum Gasteiger partial charge on any atom is 0.303 e. The van der Waals surface area contributed by atoms with Gasteiger partial charge in [-0.25, -0.2) is 15.0 Å². The topological polar surface area (TPSA) is 152 Å². The van der Waals surface area contributed by atoms with Crippen LogP contribution in [0.1, 0.15) is 64.3 Å². The van der Waals surface area contributed by atoms with Gasteiger partial charge in [-0.3, -0.25) is 10.2 Å². The van der Waals surface area contributed by atoms with Crippen LogP contribution in [0.25, 0.3) is 5.65 Å². The molecule has 4 aromatic rings. The van der Waals surface area contributed by atoms with Gasteiger partial charge in [0, 0.05) is 37.0 Å². The number of carboxylic acid groups (broad SMARTS) is 1. The fraction of sp³-hybridized carbons (Fsp3) is 0.321. The molecule has 0 atom stereocenters. The van der Waals surface area contributed by atoms with E-state index < -0.39 is 5.97 Å². The minimum atomic E-state index is -0.818. The Morgan fingerprint density at radius 3 is 2.63 bits per heavy atom. The van der Waals surface area contributed by atoms with Gasteiger partial charge in [0.2, 0.25) is 5.88 Å². The number of hydrogen-bond donors (Lipinski definition) is 4. The van der Waals surface area contributed by atoms with Crippen LogP contribution in [0.2, 0.25) is 0 Å². The number of carbonyl (C=O) groups is 1. The SMILES string of the molecule is Cc1cc(C(=N)N)cc(C)c1CNc1cc(OCc2cn3cc(C4CC4)cc(CCC(=O)O)c3n2)ncn1. The van der Waals surface area contributed by atoms with E-state index in [2.05, 4.69) is 27.5 Å². The number of ether oxygens (including phenoxy) is 1. The number of carboxylic acids is 1. The highest BCUT2D eigenvalue weighted by Gasteiger charge is 2.25. The summed E-state index contributed by atoms with van der Waals surface area (Å²) in [5, 5.41) is 20.2. The first kappa shape index (κ1) is 25.2. The second kappa shape index (κ2) is 10.5. The monoisotopic (exact) mass is 513 g/mol. The van der Waals surface area contributed by atoms with E-state index in [1.54, 1.807) is 6.07 Å². The Hall–Kier alpha value is -4.47. The maximum absolute atomic E-state index is 11.2. The molecule has 5 rings (SSSR count). The number of rotatable bonds is 11. The number of nitrogens with two attached hydrogens (primary N) is 1. The first-order valence-corrected chi connectivity index (χ1v) is 12.6. The van der Waals surface area contributed by atoms with Crippen molar-refractivity contribution in [2.45, 2.75) is 58.6 Å². The first-order valence-electron chi connectivity index (χ1n) is 12.6. The lowest BCUT2D eigenvalue weighted by Gasteiger charge is -2.14. The summed E-state index contributed by atoms with van der Waals surface area (Å²) in [4.78, 5) is 24.4. The molecule has 196 valence electrons. The lowest BCUT2D eigenvalue weighted by atomic mass is 9.99. The Balaban J connectivity index is 1.27. The number of hydrogen-bond acceptors (Lipinski definition) is 7. The number of nitrogens with one attached hydrogen (secondary N) is 2. The number of nitrogens with zero attached hydrogens (tertiary/aromatic N) is 4. The van der Waals surface area contributed by atoms with Gasteiger partial charge in [-0.1, -0.05) is 6.07 Å². The van der Waals surface area contributed by atoms with Crippen LogP contribution in [0.4, 0.5) is 5.82 Å². The van der Waals surface area contributed by atoms with Crippen LogP contribution in [0.3, 0.4) is 0 Å². The van der Waals surface area contributed by atoms with Crippen LogP contribution in [-0.4, -0.2) is 36.3 Å². The number of aryl methyl sites for hydroxylation is 3. The molecule has 38 heavy (non-hydrogen) atoms. The summed E-state index contributed by atoms with van der Waals surface area (Å²) in [5.41, 5.74) is 13.2. The summed E-state index contributed by atoms with van der Waals surface area (Å²) in [7, 11) is 0. The van der Waals surface area contributed by atoms with Crippen molar-refractivity contribution < 1.29 is 14.6 Å². The minimum absolute atomic E-state index is 0.0544. The molecule has 0 bridgehead atoms. The summed E-state index contributed by atoms with van der Waals surface area (Å²) in [6.45, 7) is 4.78. The summed E-state index contributed by atoms with van der Waals surface area (Å²) >= 11 is 0. The lowest BCUT2D eigenvalue weighted by Crippen LogP contribution is -2.13. The van der Waals surface area contributed by atoms with Gasteiger partial charge in [-0.15, -0.1) is 0 Å². The van der Waals surface area contributed by atoms with Crippen molar-refractivity contribution in [3.8, 4) is 5.88 Å². The summed E-state index contributed by atoms with van der Waals surface area (Å²) in [6.07, 6.45) is 8.32. The Morgan fingerprint density at radius 1 is 1.18 bits per heavy atom. The minimum Gasteiger partial charge on any atom is -0.481 e. The van der Waals surface area contributed by atoms with Crippen molar-refractivity contribution in [1.29, 1.82) is 5.41 Å². The van der Waals surface area contributed by atoms with E-state index in [4.69, 9.17) is 26.0 Å². The van der Waals surface area contributed by atoms with Crippen molar-refractivity contribution in [3.63, 3.8) is 0 Å². The molecule has 0 unspecified atom stereocenters. The third-order valence-electron chi connectivity index (χ3n) is 6.82. The molecule has 0 radical (unpaired) electrons. The van der Waals surface area contributed by atoms with Gasteiger partial charge < -0.3 is 25.3 Å². The van der Waals surface area contributed by atoms with Crippen LogP contribution < -0.4 is 15.8 Å². The molecule has 5 N–H and O–H groups in total. The van der Waals surface area contributed by atoms with Crippen molar-refractivity contribution in [1.82, 2.24) is 19.4 Å². The van der Waals surface area contributed by atoms with Gasteiger partial charge in [0.15, 0.2) is 0 Å². The van der Waals surface area contributed by atoms with Gasteiger partial charge in [0.05, 0.1) is 5.69 Å². The molecule has 1 aliphatic rings. The number of aromatic nitrogens is 4. The number of benzene rings is 1. The van der Waals surface area contributed by atoms with Crippen molar-refractivity contribution in [3.05, 3.63) is 82.1 Å². The molecule has 1 aliphatic carbocycles. The zero-order chi connectivity index (χ0) is 26.8. The Morgan fingerprint density at radius 2 is 1.95 bits per heavy atom. The van der Waals surface area contributed by atoms with Crippen LogP contribution >= 0.6 is 0 Å². The smallest absolute Gasteiger partial charge is 0.303 e. The average molecular weight is 514 g/mol.